The smallest absolute Gasteiger partial charge is 0.315 e. The second-order valence-electron chi connectivity index (χ2n) is 4.28. The average molecular weight is 244 g/mol. The zero-order valence-corrected chi connectivity index (χ0v) is 10.8. The van der Waals surface area contributed by atoms with Crippen LogP contribution in [0.2, 0.25) is 0 Å². The third kappa shape index (κ3) is 4.16. The lowest BCUT2D eigenvalue weighted by atomic mass is 10.0. The Morgan fingerprint density at radius 1 is 1.31 bits per heavy atom. The molecule has 1 unspecified atom stereocenters. The molecule has 1 saturated carbocycles. The standard InChI is InChI=1S/C12H20O3S/c1-9(12(14)15-2)11(13)8-16-10-6-4-3-5-7-10/h9-10H,3-8H2,1-2H3. The first-order valence-electron chi connectivity index (χ1n) is 5.87. The highest BCUT2D eigenvalue weighted by atomic mass is 32.2. The maximum atomic E-state index is 11.7. The van der Waals surface area contributed by atoms with Crippen LogP contribution < -0.4 is 0 Å². The number of ether oxygens (including phenoxy) is 1. The molecule has 1 rings (SSSR count). The third-order valence-corrected chi connectivity index (χ3v) is 4.45. The molecule has 0 heterocycles. The van der Waals surface area contributed by atoms with E-state index in [0.717, 1.165) is 0 Å². The number of carbonyl (C=O) groups is 2. The van der Waals surface area contributed by atoms with Gasteiger partial charge in [-0.15, -0.1) is 0 Å². The van der Waals surface area contributed by atoms with Gasteiger partial charge in [0.15, 0.2) is 5.78 Å². The van der Waals surface area contributed by atoms with Crippen LogP contribution in [0.1, 0.15) is 39.0 Å². The van der Waals surface area contributed by atoms with Gasteiger partial charge in [-0.05, 0) is 19.8 Å². The van der Waals surface area contributed by atoms with Gasteiger partial charge in [0.1, 0.15) is 5.92 Å². The minimum atomic E-state index is -0.610. The van der Waals surface area contributed by atoms with Crippen molar-refractivity contribution in [3.05, 3.63) is 0 Å². The summed E-state index contributed by atoms with van der Waals surface area (Å²) in [6.45, 7) is 1.62. The Morgan fingerprint density at radius 2 is 1.94 bits per heavy atom. The van der Waals surface area contributed by atoms with Gasteiger partial charge in [0.2, 0.25) is 0 Å². The van der Waals surface area contributed by atoms with E-state index >= 15 is 0 Å². The molecule has 92 valence electrons. The van der Waals surface area contributed by atoms with Crippen LogP contribution in [0.25, 0.3) is 0 Å². The van der Waals surface area contributed by atoms with Gasteiger partial charge in [0.25, 0.3) is 0 Å². The molecule has 1 aliphatic rings. The Hall–Kier alpha value is -0.510. The van der Waals surface area contributed by atoms with Crippen molar-refractivity contribution in [1.29, 1.82) is 0 Å². The molecule has 0 bridgehead atoms. The van der Waals surface area contributed by atoms with E-state index in [-0.39, 0.29) is 5.78 Å². The largest absolute Gasteiger partial charge is 0.468 e. The summed E-state index contributed by atoms with van der Waals surface area (Å²) < 4.78 is 4.56. The molecule has 0 N–H and O–H groups in total. The highest BCUT2D eigenvalue weighted by Gasteiger charge is 2.23. The Balaban J connectivity index is 2.25. The van der Waals surface area contributed by atoms with Crippen molar-refractivity contribution in [2.45, 2.75) is 44.3 Å². The van der Waals surface area contributed by atoms with Crippen LogP contribution in [0.15, 0.2) is 0 Å². The molecule has 1 atom stereocenters. The molecule has 1 fully saturated rings. The molecule has 0 aromatic heterocycles. The number of carbonyl (C=O) groups excluding carboxylic acids is 2. The summed E-state index contributed by atoms with van der Waals surface area (Å²) in [4.78, 5) is 22.8. The molecule has 0 aliphatic heterocycles. The Morgan fingerprint density at radius 3 is 2.50 bits per heavy atom. The quantitative estimate of drug-likeness (QED) is 0.550. The van der Waals surface area contributed by atoms with Gasteiger partial charge >= 0.3 is 5.97 Å². The van der Waals surface area contributed by atoms with Gasteiger partial charge in [-0.3, -0.25) is 9.59 Å². The summed E-state index contributed by atoms with van der Waals surface area (Å²) in [5, 5.41) is 0.613. The van der Waals surface area contributed by atoms with Crippen LogP contribution in [0.5, 0.6) is 0 Å². The van der Waals surface area contributed by atoms with Crippen molar-refractivity contribution in [3.8, 4) is 0 Å². The SMILES string of the molecule is COC(=O)C(C)C(=O)CSC1CCCCC1. The average Bonchev–Trinajstić information content (AvgIpc) is 2.35. The van der Waals surface area contributed by atoms with E-state index in [2.05, 4.69) is 4.74 Å². The van der Waals surface area contributed by atoms with E-state index in [1.165, 1.54) is 39.2 Å². The summed E-state index contributed by atoms with van der Waals surface area (Å²) in [5.41, 5.74) is 0. The summed E-state index contributed by atoms with van der Waals surface area (Å²) in [7, 11) is 1.32. The van der Waals surface area contributed by atoms with Crippen molar-refractivity contribution in [3.63, 3.8) is 0 Å². The van der Waals surface area contributed by atoms with Crippen molar-refractivity contribution in [2.24, 2.45) is 5.92 Å². The zero-order valence-electron chi connectivity index (χ0n) is 10.0. The predicted molar refractivity (Wildman–Crippen MR) is 65.5 cm³/mol. The number of hydrogen-bond donors (Lipinski definition) is 0. The number of rotatable bonds is 5. The lowest BCUT2D eigenvalue weighted by Crippen LogP contribution is -2.25. The monoisotopic (exact) mass is 244 g/mol. The van der Waals surface area contributed by atoms with Crippen LogP contribution in [-0.4, -0.2) is 29.9 Å². The Labute approximate surface area is 101 Å². The Kier molecular flexibility index (Phi) is 5.88. The number of hydrogen-bond acceptors (Lipinski definition) is 4. The summed E-state index contributed by atoms with van der Waals surface area (Å²) in [6.07, 6.45) is 6.30. The molecule has 0 amide bonds. The Bertz CT molecular complexity index is 247. The van der Waals surface area contributed by atoms with E-state index in [0.29, 0.717) is 11.0 Å². The van der Waals surface area contributed by atoms with E-state index in [9.17, 15) is 9.59 Å². The first-order valence-corrected chi connectivity index (χ1v) is 6.92. The highest BCUT2D eigenvalue weighted by Crippen LogP contribution is 2.28. The normalized spacial score (nSPS) is 19.1. The molecule has 4 heteroatoms. The number of methoxy groups -OCH3 is 1. The summed E-state index contributed by atoms with van der Waals surface area (Å²) in [6, 6.07) is 0. The second kappa shape index (κ2) is 6.94. The van der Waals surface area contributed by atoms with E-state index < -0.39 is 11.9 Å². The fourth-order valence-electron chi connectivity index (χ4n) is 1.87. The molecule has 0 radical (unpaired) electrons. The van der Waals surface area contributed by atoms with Gasteiger partial charge in [0, 0.05) is 5.25 Å². The minimum Gasteiger partial charge on any atom is -0.468 e. The van der Waals surface area contributed by atoms with E-state index in [1.807, 2.05) is 0 Å². The molecule has 1 aliphatic carbocycles. The first kappa shape index (κ1) is 13.6. The number of thioether (sulfide) groups is 1. The topological polar surface area (TPSA) is 43.4 Å². The van der Waals surface area contributed by atoms with Gasteiger partial charge in [-0.1, -0.05) is 19.3 Å². The molecule has 0 saturated heterocycles. The predicted octanol–water partition coefficient (Wildman–Crippen LogP) is 2.43. The summed E-state index contributed by atoms with van der Waals surface area (Å²) in [5.74, 6) is -0.598. The van der Waals surface area contributed by atoms with Crippen molar-refractivity contribution in [1.82, 2.24) is 0 Å². The van der Waals surface area contributed by atoms with Crippen molar-refractivity contribution in [2.75, 3.05) is 12.9 Å². The molecule has 16 heavy (non-hydrogen) atoms. The van der Waals surface area contributed by atoms with Crippen molar-refractivity contribution >= 4 is 23.5 Å². The van der Waals surface area contributed by atoms with Crippen molar-refractivity contribution < 1.29 is 14.3 Å². The molecular weight excluding hydrogens is 224 g/mol. The van der Waals surface area contributed by atoms with Crippen LogP contribution in [0, 0.1) is 5.92 Å². The van der Waals surface area contributed by atoms with Gasteiger partial charge < -0.3 is 4.74 Å². The lowest BCUT2D eigenvalue weighted by Gasteiger charge is -2.20. The lowest BCUT2D eigenvalue weighted by molar-refractivity contribution is -0.148. The minimum absolute atomic E-state index is 0.0116. The van der Waals surface area contributed by atoms with Crippen LogP contribution in [0.4, 0.5) is 0 Å². The number of ketones is 1. The molecule has 0 aromatic carbocycles. The second-order valence-corrected chi connectivity index (χ2v) is 5.57. The molecule has 3 nitrogen and oxygen atoms in total. The van der Waals surface area contributed by atoms with Crippen LogP contribution >= 0.6 is 11.8 Å². The third-order valence-electron chi connectivity index (χ3n) is 3.05. The first-order chi connectivity index (χ1) is 7.65. The maximum Gasteiger partial charge on any atom is 0.315 e. The molecular formula is C12H20O3S. The summed E-state index contributed by atoms with van der Waals surface area (Å²) >= 11 is 1.70. The maximum absolute atomic E-state index is 11.7. The van der Waals surface area contributed by atoms with E-state index in [1.54, 1.807) is 18.7 Å². The highest BCUT2D eigenvalue weighted by molar-refractivity contribution is 8.00. The van der Waals surface area contributed by atoms with Crippen LogP contribution in [-0.2, 0) is 14.3 Å². The number of Topliss-reactive ketones (excluding diaryl/α,β-unsaturated/α-hetero) is 1. The van der Waals surface area contributed by atoms with E-state index in [4.69, 9.17) is 0 Å². The molecule has 0 spiro atoms. The number of esters is 1. The van der Waals surface area contributed by atoms with Crippen LogP contribution in [0.3, 0.4) is 0 Å². The van der Waals surface area contributed by atoms with Gasteiger partial charge in [-0.25, -0.2) is 0 Å². The van der Waals surface area contributed by atoms with Gasteiger partial charge in [0.05, 0.1) is 12.9 Å². The molecule has 0 aromatic rings. The van der Waals surface area contributed by atoms with Gasteiger partial charge in [-0.2, -0.15) is 11.8 Å². The zero-order chi connectivity index (χ0) is 12.0. The fraction of sp³-hybridized carbons (Fsp3) is 0.833. The fourth-order valence-corrected chi connectivity index (χ4v) is 3.18.